The van der Waals surface area contributed by atoms with Crippen LogP contribution in [0, 0.1) is 0 Å². The van der Waals surface area contributed by atoms with E-state index in [4.69, 9.17) is 18.5 Å². The summed E-state index contributed by atoms with van der Waals surface area (Å²) in [4.78, 5) is 35.2. The lowest BCUT2D eigenvalue weighted by molar-refractivity contribution is -0.870. The third kappa shape index (κ3) is 55.1. The van der Waals surface area contributed by atoms with E-state index < -0.39 is 26.5 Å². The smallest absolute Gasteiger partial charge is 0.462 e. The Kier molecular flexibility index (Phi) is 49.4. The molecule has 69 heavy (non-hydrogen) atoms. The van der Waals surface area contributed by atoms with Gasteiger partial charge in [0, 0.05) is 12.8 Å². The highest BCUT2D eigenvalue weighted by Crippen LogP contribution is 2.43. The van der Waals surface area contributed by atoms with Crippen molar-refractivity contribution in [2.24, 2.45) is 0 Å². The molecule has 0 amide bonds. The van der Waals surface area contributed by atoms with Crippen molar-refractivity contribution in [1.29, 1.82) is 0 Å². The summed E-state index contributed by atoms with van der Waals surface area (Å²) in [7, 11) is 1.49. The van der Waals surface area contributed by atoms with Crippen molar-refractivity contribution in [2.75, 3.05) is 47.5 Å². The highest BCUT2D eigenvalue weighted by Gasteiger charge is 2.27. The summed E-state index contributed by atoms with van der Waals surface area (Å²) in [6, 6.07) is 0. The molecule has 2 unspecified atom stereocenters. The number of allylic oxidation sites excluding steroid dienone is 8. The first kappa shape index (κ1) is 67.0. The Morgan fingerprint density at radius 1 is 0.464 bits per heavy atom. The highest BCUT2D eigenvalue weighted by atomic mass is 31.2. The molecular formula is C59H111NO8P+. The summed E-state index contributed by atoms with van der Waals surface area (Å²) in [5, 5.41) is 0. The molecule has 0 rings (SSSR count). The third-order valence-corrected chi connectivity index (χ3v) is 13.6. The van der Waals surface area contributed by atoms with Gasteiger partial charge in [-0.2, -0.15) is 0 Å². The van der Waals surface area contributed by atoms with Crippen molar-refractivity contribution in [2.45, 2.75) is 270 Å². The van der Waals surface area contributed by atoms with Crippen LogP contribution in [0.5, 0.6) is 0 Å². The summed E-state index contributed by atoms with van der Waals surface area (Å²) in [6.07, 6.45) is 64.0. The maximum absolute atomic E-state index is 12.7. The monoisotopic (exact) mass is 993 g/mol. The fourth-order valence-corrected chi connectivity index (χ4v) is 8.93. The van der Waals surface area contributed by atoms with Gasteiger partial charge in [0.25, 0.3) is 0 Å². The number of phosphoric ester groups is 1. The number of unbranched alkanes of at least 4 members (excludes halogenated alkanes) is 31. The minimum absolute atomic E-state index is 0.0342. The van der Waals surface area contributed by atoms with E-state index in [0.29, 0.717) is 17.4 Å². The second-order valence-corrected chi connectivity index (χ2v) is 22.1. The molecule has 2 atom stereocenters. The number of phosphoric acid groups is 1. The summed E-state index contributed by atoms with van der Waals surface area (Å²) in [6.45, 7) is 4.27. The topological polar surface area (TPSA) is 108 Å². The van der Waals surface area contributed by atoms with Crippen LogP contribution in [0.3, 0.4) is 0 Å². The Balaban J connectivity index is 3.74. The van der Waals surface area contributed by atoms with E-state index in [-0.39, 0.29) is 32.0 Å². The van der Waals surface area contributed by atoms with Crippen LogP contribution in [-0.4, -0.2) is 74.9 Å². The molecular weight excluding hydrogens is 882 g/mol. The van der Waals surface area contributed by atoms with Crippen LogP contribution in [0.25, 0.3) is 0 Å². The van der Waals surface area contributed by atoms with Crippen molar-refractivity contribution in [1.82, 2.24) is 0 Å². The van der Waals surface area contributed by atoms with Crippen molar-refractivity contribution >= 4 is 19.8 Å². The number of rotatable bonds is 53. The van der Waals surface area contributed by atoms with E-state index in [0.717, 1.165) is 64.2 Å². The molecule has 0 bridgehead atoms. The van der Waals surface area contributed by atoms with Crippen LogP contribution in [0.2, 0.25) is 0 Å². The number of hydrogen-bond donors (Lipinski definition) is 1. The number of esters is 2. The summed E-state index contributed by atoms with van der Waals surface area (Å²) in [5.41, 5.74) is 0. The molecule has 0 aromatic carbocycles. The van der Waals surface area contributed by atoms with Crippen LogP contribution in [0.1, 0.15) is 264 Å². The molecule has 0 saturated heterocycles. The number of carbonyl (C=O) groups is 2. The van der Waals surface area contributed by atoms with E-state index in [1.165, 1.54) is 167 Å². The number of likely N-dealkylation sites (N-methyl/N-ethyl adjacent to an activating group) is 1. The molecule has 10 heteroatoms. The summed E-state index contributed by atoms with van der Waals surface area (Å²) >= 11 is 0. The second-order valence-electron chi connectivity index (χ2n) is 20.7. The zero-order valence-corrected chi connectivity index (χ0v) is 46.7. The van der Waals surface area contributed by atoms with E-state index in [1.807, 2.05) is 21.1 Å². The van der Waals surface area contributed by atoms with E-state index >= 15 is 0 Å². The molecule has 0 aromatic rings. The van der Waals surface area contributed by atoms with Crippen molar-refractivity contribution in [3.8, 4) is 0 Å². The molecule has 0 saturated carbocycles. The molecule has 0 aliphatic carbocycles. The standard InChI is InChI=1S/C59H110NO8P/c1-6-8-10-12-14-15-16-17-18-19-20-21-22-23-24-25-26-27-28-29-30-31-32-33-34-35-36-37-38-39-40-41-42-43-44-45-46-48-50-52-59(62)68-57(55-65-58(61)51-49-47-13-11-9-7-2)56-67-69(63,64)66-54-53-60(3,4)5/h8,10,14-15,17-18,20-21,57H,6-7,9,11-13,16,19,22-56H2,1-5H3/p+1/b10-8-,15-14-,18-17-,21-20-. The average molecular weight is 994 g/mol. The molecule has 404 valence electrons. The molecule has 0 aliphatic rings. The molecule has 9 nitrogen and oxygen atoms in total. The molecule has 0 aliphatic heterocycles. The molecule has 0 aromatic heterocycles. The first-order valence-corrected chi connectivity index (χ1v) is 30.4. The number of carbonyl (C=O) groups excluding carboxylic acids is 2. The maximum atomic E-state index is 12.7. The first-order valence-electron chi connectivity index (χ1n) is 28.9. The van der Waals surface area contributed by atoms with Crippen LogP contribution < -0.4 is 0 Å². The van der Waals surface area contributed by atoms with Gasteiger partial charge in [-0.1, -0.05) is 249 Å². The molecule has 1 N–H and O–H groups in total. The van der Waals surface area contributed by atoms with Gasteiger partial charge in [-0.25, -0.2) is 4.57 Å². The minimum atomic E-state index is -4.37. The van der Waals surface area contributed by atoms with Crippen LogP contribution in [-0.2, 0) is 32.7 Å². The van der Waals surface area contributed by atoms with Crippen molar-refractivity contribution in [3.05, 3.63) is 48.6 Å². The average Bonchev–Trinajstić information content (AvgIpc) is 3.31. The number of nitrogens with zero attached hydrogens (tertiary/aromatic N) is 1. The molecule has 0 spiro atoms. The van der Waals surface area contributed by atoms with Gasteiger partial charge in [-0.05, 0) is 51.4 Å². The van der Waals surface area contributed by atoms with E-state index in [9.17, 15) is 19.0 Å². The zero-order chi connectivity index (χ0) is 50.6. The lowest BCUT2D eigenvalue weighted by atomic mass is 10.0. The SMILES string of the molecule is CC/C=C\C/C=C\C/C=C\C/C=C\CCCCCCCCCCCCCCCCCCCCCCCCCCCCC(=O)OC(COC(=O)CCCCCCCC)COP(=O)(O)OCC[N+](C)(C)C. The quantitative estimate of drug-likeness (QED) is 0.0211. The normalized spacial score (nSPS) is 13.7. The Morgan fingerprint density at radius 3 is 1.23 bits per heavy atom. The van der Waals surface area contributed by atoms with Gasteiger partial charge in [0.15, 0.2) is 6.10 Å². The van der Waals surface area contributed by atoms with Gasteiger partial charge in [-0.3, -0.25) is 18.6 Å². The van der Waals surface area contributed by atoms with Gasteiger partial charge in [0.05, 0.1) is 27.7 Å². The maximum Gasteiger partial charge on any atom is 0.472 e. The van der Waals surface area contributed by atoms with Crippen LogP contribution >= 0.6 is 7.82 Å². The van der Waals surface area contributed by atoms with Gasteiger partial charge in [0.2, 0.25) is 0 Å². The predicted molar refractivity (Wildman–Crippen MR) is 293 cm³/mol. The Morgan fingerprint density at radius 2 is 0.826 bits per heavy atom. The van der Waals surface area contributed by atoms with Crippen molar-refractivity contribution in [3.63, 3.8) is 0 Å². The second kappa shape index (κ2) is 50.9. The van der Waals surface area contributed by atoms with Crippen LogP contribution in [0.15, 0.2) is 48.6 Å². The Labute approximate surface area is 426 Å². The summed E-state index contributed by atoms with van der Waals surface area (Å²) < 4.78 is 34.3. The van der Waals surface area contributed by atoms with Gasteiger partial charge >= 0.3 is 19.8 Å². The van der Waals surface area contributed by atoms with Gasteiger partial charge < -0.3 is 18.9 Å². The molecule has 0 fully saturated rings. The molecule has 0 radical (unpaired) electrons. The van der Waals surface area contributed by atoms with Crippen molar-refractivity contribution < 1.29 is 42.1 Å². The lowest BCUT2D eigenvalue weighted by Crippen LogP contribution is -2.37. The van der Waals surface area contributed by atoms with Crippen LogP contribution in [0.4, 0.5) is 0 Å². The third-order valence-electron chi connectivity index (χ3n) is 12.6. The Bertz CT molecular complexity index is 1310. The van der Waals surface area contributed by atoms with E-state index in [1.54, 1.807) is 0 Å². The number of ether oxygens (including phenoxy) is 2. The van der Waals surface area contributed by atoms with Gasteiger partial charge in [0.1, 0.15) is 19.8 Å². The summed E-state index contributed by atoms with van der Waals surface area (Å²) in [5.74, 6) is -0.797. The largest absolute Gasteiger partial charge is 0.472 e. The lowest BCUT2D eigenvalue weighted by Gasteiger charge is -2.24. The fourth-order valence-electron chi connectivity index (χ4n) is 8.19. The number of hydrogen-bond acceptors (Lipinski definition) is 7. The zero-order valence-electron chi connectivity index (χ0n) is 45.8. The molecule has 0 heterocycles. The first-order chi connectivity index (χ1) is 33.5. The number of quaternary nitrogens is 1. The Hall–Kier alpha value is -2.03. The van der Waals surface area contributed by atoms with Gasteiger partial charge in [-0.15, -0.1) is 0 Å². The van der Waals surface area contributed by atoms with E-state index in [2.05, 4.69) is 62.5 Å². The fraction of sp³-hybridized carbons (Fsp3) is 0.831. The minimum Gasteiger partial charge on any atom is -0.462 e. The predicted octanol–water partition coefficient (Wildman–Crippen LogP) is 17.8. The highest BCUT2D eigenvalue weighted by molar-refractivity contribution is 7.47.